The van der Waals surface area contributed by atoms with Gasteiger partial charge < -0.3 is 20.1 Å². The van der Waals surface area contributed by atoms with Gasteiger partial charge in [0.05, 0.1) is 20.5 Å². The first-order valence-electron chi connectivity index (χ1n) is 9.90. The molecule has 0 saturated heterocycles. The van der Waals surface area contributed by atoms with E-state index in [0.717, 1.165) is 6.26 Å². The Morgan fingerprint density at radius 1 is 1.00 bits per heavy atom. The van der Waals surface area contributed by atoms with Gasteiger partial charge in [0.2, 0.25) is 15.9 Å². The van der Waals surface area contributed by atoms with Crippen molar-refractivity contribution in [2.75, 3.05) is 25.2 Å². The second kappa shape index (κ2) is 10.9. The minimum atomic E-state index is -3.40. The number of hydrogen-bond donors (Lipinski definition) is 3. The Bertz CT molecular complexity index is 1050. The van der Waals surface area contributed by atoms with Gasteiger partial charge >= 0.3 is 0 Å². The molecule has 10 heteroatoms. The lowest BCUT2D eigenvalue weighted by atomic mass is 10.0. The summed E-state index contributed by atoms with van der Waals surface area (Å²) in [4.78, 5) is 25.6. The molecule has 32 heavy (non-hydrogen) atoms. The Morgan fingerprint density at radius 2 is 1.62 bits per heavy atom. The van der Waals surface area contributed by atoms with Crippen molar-refractivity contribution in [2.24, 2.45) is 5.92 Å². The van der Waals surface area contributed by atoms with E-state index in [1.54, 1.807) is 42.5 Å². The zero-order chi connectivity index (χ0) is 23.9. The number of anilines is 1. The van der Waals surface area contributed by atoms with E-state index >= 15 is 0 Å². The summed E-state index contributed by atoms with van der Waals surface area (Å²) in [7, 11) is -0.428. The van der Waals surface area contributed by atoms with E-state index in [1.165, 1.54) is 14.2 Å². The highest BCUT2D eigenvalue weighted by atomic mass is 32.2. The first kappa shape index (κ1) is 25.0. The SMILES string of the molecule is COc1cc(OC)cc(C(=O)N[C@@H](C(=O)NCc2cccc(NS(C)(=O)=O)c2)C(C)C)c1. The van der Waals surface area contributed by atoms with Crippen molar-refractivity contribution in [3.63, 3.8) is 0 Å². The van der Waals surface area contributed by atoms with E-state index < -0.39 is 22.0 Å². The standard InChI is InChI=1S/C22H29N3O6S/c1-14(2)20(24-21(26)16-10-18(30-3)12-19(11-16)31-4)22(27)23-13-15-7-6-8-17(9-15)25-32(5,28)29/h6-12,14,20,25H,13H2,1-5H3,(H,23,27)(H,24,26)/t20-/m1/s1. The predicted molar refractivity (Wildman–Crippen MR) is 122 cm³/mol. The van der Waals surface area contributed by atoms with Crippen LogP contribution in [0.3, 0.4) is 0 Å². The Balaban J connectivity index is 2.09. The van der Waals surface area contributed by atoms with Crippen LogP contribution in [0.4, 0.5) is 5.69 Å². The van der Waals surface area contributed by atoms with Crippen molar-refractivity contribution >= 4 is 27.5 Å². The maximum absolute atomic E-state index is 12.8. The van der Waals surface area contributed by atoms with Crippen molar-refractivity contribution in [3.05, 3.63) is 53.6 Å². The molecule has 0 fully saturated rings. The van der Waals surface area contributed by atoms with Gasteiger partial charge in [0.25, 0.3) is 5.91 Å². The summed E-state index contributed by atoms with van der Waals surface area (Å²) >= 11 is 0. The van der Waals surface area contributed by atoms with Crippen LogP contribution in [0.2, 0.25) is 0 Å². The summed E-state index contributed by atoms with van der Waals surface area (Å²) in [6.07, 6.45) is 1.06. The fourth-order valence-corrected chi connectivity index (χ4v) is 3.51. The molecule has 0 radical (unpaired) electrons. The second-order valence-electron chi connectivity index (χ2n) is 7.59. The zero-order valence-corrected chi connectivity index (χ0v) is 19.6. The van der Waals surface area contributed by atoms with Gasteiger partial charge in [-0.15, -0.1) is 0 Å². The van der Waals surface area contributed by atoms with Crippen LogP contribution in [0.15, 0.2) is 42.5 Å². The summed E-state index contributed by atoms with van der Waals surface area (Å²) in [6.45, 7) is 3.82. The quantitative estimate of drug-likeness (QED) is 0.496. The fourth-order valence-electron chi connectivity index (χ4n) is 2.96. The molecule has 9 nitrogen and oxygen atoms in total. The lowest BCUT2D eigenvalue weighted by Crippen LogP contribution is -2.49. The van der Waals surface area contributed by atoms with Crippen molar-refractivity contribution in [3.8, 4) is 11.5 Å². The molecule has 0 aliphatic carbocycles. The molecule has 0 aliphatic heterocycles. The molecule has 0 aliphatic rings. The third-order valence-electron chi connectivity index (χ3n) is 4.55. The van der Waals surface area contributed by atoms with Crippen molar-refractivity contribution < 1.29 is 27.5 Å². The molecule has 0 unspecified atom stereocenters. The minimum absolute atomic E-state index is 0.171. The van der Waals surface area contributed by atoms with Crippen LogP contribution in [-0.4, -0.2) is 46.7 Å². The number of benzene rings is 2. The van der Waals surface area contributed by atoms with E-state index in [1.807, 2.05) is 13.8 Å². The lowest BCUT2D eigenvalue weighted by molar-refractivity contribution is -0.124. The lowest BCUT2D eigenvalue weighted by Gasteiger charge is -2.22. The number of methoxy groups -OCH3 is 2. The average Bonchev–Trinajstić information content (AvgIpc) is 2.74. The van der Waals surface area contributed by atoms with E-state index in [0.29, 0.717) is 28.3 Å². The molecule has 0 bridgehead atoms. The van der Waals surface area contributed by atoms with Gasteiger partial charge in [0.15, 0.2) is 0 Å². The Labute approximate surface area is 188 Å². The summed E-state index contributed by atoms with van der Waals surface area (Å²) in [5.74, 6) is -0.0463. The smallest absolute Gasteiger partial charge is 0.252 e. The molecule has 0 heterocycles. The van der Waals surface area contributed by atoms with Crippen LogP contribution in [0, 0.1) is 5.92 Å². The zero-order valence-electron chi connectivity index (χ0n) is 18.8. The highest BCUT2D eigenvalue weighted by Gasteiger charge is 2.25. The molecule has 0 spiro atoms. The van der Waals surface area contributed by atoms with Crippen LogP contribution in [0.1, 0.15) is 29.8 Å². The van der Waals surface area contributed by atoms with E-state index in [2.05, 4.69) is 15.4 Å². The molecule has 2 aromatic carbocycles. The van der Waals surface area contributed by atoms with E-state index in [-0.39, 0.29) is 18.4 Å². The molecular weight excluding hydrogens is 434 g/mol. The second-order valence-corrected chi connectivity index (χ2v) is 9.34. The highest BCUT2D eigenvalue weighted by molar-refractivity contribution is 7.92. The molecule has 0 saturated carbocycles. The molecule has 2 amide bonds. The van der Waals surface area contributed by atoms with E-state index in [4.69, 9.17) is 9.47 Å². The number of sulfonamides is 1. The molecule has 1 atom stereocenters. The summed E-state index contributed by atoms with van der Waals surface area (Å²) < 4.78 is 35.6. The highest BCUT2D eigenvalue weighted by Crippen LogP contribution is 2.22. The molecule has 2 aromatic rings. The number of carbonyl (C=O) groups excluding carboxylic acids is 2. The number of nitrogens with one attached hydrogen (secondary N) is 3. The van der Waals surface area contributed by atoms with Crippen LogP contribution in [-0.2, 0) is 21.4 Å². The Hall–Kier alpha value is -3.27. The third-order valence-corrected chi connectivity index (χ3v) is 5.15. The van der Waals surface area contributed by atoms with Crippen molar-refractivity contribution in [1.29, 1.82) is 0 Å². The molecule has 174 valence electrons. The largest absolute Gasteiger partial charge is 0.497 e. The average molecular weight is 464 g/mol. The normalized spacial score (nSPS) is 12.1. The summed E-state index contributed by atoms with van der Waals surface area (Å²) in [6, 6.07) is 10.7. The van der Waals surface area contributed by atoms with Gasteiger partial charge in [-0.3, -0.25) is 14.3 Å². The van der Waals surface area contributed by atoms with Crippen LogP contribution < -0.4 is 24.8 Å². The maximum atomic E-state index is 12.8. The monoisotopic (exact) mass is 463 g/mol. The number of ether oxygens (including phenoxy) is 2. The maximum Gasteiger partial charge on any atom is 0.252 e. The van der Waals surface area contributed by atoms with Gasteiger partial charge in [-0.05, 0) is 35.7 Å². The van der Waals surface area contributed by atoms with Crippen molar-refractivity contribution in [2.45, 2.75) is 26.4 Å². The topological polar surface area (TPSA) is 123 Å². The van der Waals surface area contributed by atoms with Gasteiger partial charge in [-0.2, -0.15) is 0 Å². The van der Waals surface area contributed by atoms with E-state index in [9.17, 15) is 18.0 Å². The van der Waals surface area contributed by atoms with Gasteiger partial charge in [-0.25, -0.2) is 8.42 Å². The summed E-state index contributed by atoms with van der Waals surface area (Å²) in [5.41, 5.74) is 1.41. The Kier molecular flexibility index (Phi) is 8.48. The minimum Gasteiger partial charge on any atom is -0.497 e. The van der Waals surface area contributed by atoms with Crippen LogP contribution >= 0.6 is 0 Å². The predicted octanol–water partition coefficient (Wildman–Crippen LogP) is 2.15. The van der Waals surface area contributed by atoms with Crippen molar-refractivity contribution in [1.82, 2.24) is 10.6 Å². The van der Waals surface area contributed by atoms with Gasteiger partial charge in [0.1, 0.15) is 17.5 Å². The first-order valence-corrected chi connectivity index (χ1v) is 11.8. The molecule has 2 rings (SSSR count). The van der Waals surface area contributed by atoms with Gasteiger partial charge in [0, 0.05) is 23.9 Å². The number of carbonyl (C=O) groups is 2. The van der Waals surface area contributed by atoms with Crippen LogP contribution in [0.5, 0.6) is 11.5 Å². The van der Waals surface area contributed by atoms with Gasteiger partial charge in [-0.1, -0.05) is 26.0 Å². The summed E-state index contributed by atoms with van der Waals surface area (Å²) in [5, 5.41) is 5.55. The first-order chi connectivity index (χ1) is 15.0. The number of rotatable bonds is 10. The number of hydrogen-bond acceptors (Lipinski definition) is 6. The Morgan fingerprint density at radius 3 is 2.16 bits per heavy atom. The number of amides is 2. The fraction of sp³-hybridized carbons (Fsp3) is 0.364. The molecule has 3 N–H and O–H groups in total. The van der Waals surface area contributed by atoms with Crippen LogP contribution in [0.25, 0.3) is 0 Å². The third kappa shape index (κ3) is 7.45. The molecular formula is C22H29N3O6S. The molecule has 0 aromatic heterocycles.